The number of carbonyl (C=O) groups is 1. The molecule has 2 atom stereocenters. The lowest BCUT2D eigenvalue weighted by molar-refractivity contribution is -0.148. The van der Waals surface area contributed by atoms with Gasteiger partial charge in [0.25, 0.3) is 0 Å². The van der Waals surface area contributed by atoms with E-state index >= 15 is 0 Å². The van der Waals surface area contributed by atoms with Crippen molar-refractivity contribution in [1.82, 2.24) is 14.0 Å². The largest absolute Gasteiger partial charge is 0.494 e. The van der Waals surface area contributed by atoms with Crippen LogP contribution in [0.2, 0.25) is 0 Å². The molecular weight excluding hydrogens is 401 g/mol. The zero-order valence-electron chi connectivity index (χ0n) is 18.8. The number of hydrogen-bond acceptors (Lipinski definition) is 4. The van der Waals surface area contributed by atoms with Gasteiger partial charge in [0.05, 0.1) is 30.4 Å². The van der Waals surface area contributed by atoms with Crippen LogP contribution in [0.15, 0.2) is 16.9 Å². The van der Waals surface area contributed by atoms with E-state index in [9.17, 15) is 14.0 Å². The number of methoxy groups -OCH3 is 1. The average molecular weight is 434 g/mol. The molecule has 0 bridgehead atoms. The van der Waals surface area contributed by atoms with E-state index in [1.807, 2.05) is 18.7 Å². The van der Waals surface area contributed by atoms with Crippen LogP contribution < -0.4 is 10.4 Å². The molecule has 1 aliphatic heterocycles. The highest BCUT2D eigenvalue weighted by Crippen LogP contribution is 2.33. The minimum absolute atomic E-state index is 0.0483. The van der Waals surface area contributed by atoms with Crippen molar-refractivity contribution in [1.29, 1.82) is 0 Å². The Kier molecular flexibility index (Phi) is 6.10. The number of halogens is 1. The summed E-state index contributed by atoms with van der Waals surface area (Å²) in [7, 11) is 3.08. The summed E-state index contributed by atoms with van der Waals surface area (Å²) in [4.78, 5) is 27.8. The van der Waals surface area contributed by atoms with Gasteiger partial charge in [-0.2, -0.15) is 0 Å². The first-order valence-corrected chi connectivity index (χ1v) is 11.2. The fourth-order valence-electron chi connectivity index (χ4n) is 5.20. The zero-order valence-corrected chi connectivity index (χ0v) is 18.8. The normalized spacial score (nSPS) is 26.9. The molecule has 1 aliphatic carbocycles. The molecule has 7 nitrogen and oxygen atoms in total. The van der Waals surface area contributed by atoms with E-state index in [2.05, 4.69) is 0 Å². The van der Waals surface area contributed by atoms with Gasteiger partial charge in [0.1, 0.15) is 0 Å². The Bertz CT molecular complexity index is 1010. The van der Waals surface area contributed by atoms with Crippen LogP contribution in [0.4, 0.5) is 4.39 Å². The Morgan fingerprint density at radius 2 is 1.77 bits per heavy atom. The van der Waals surface area contributed by atoms with E-state index in [1.54, 1.807) is 17.7 Å². The molecule has 0 N–H and O–H groups in total. The monoisotopic (exact) mass is 433 g/mol. The van der Waals surface area contributed by atoms with Crippen molar-refractivity contribution in [3.8, 4) is 5.75 Å². The van der Waals surface area contributed by atoms with Gasteiger partial charge in [-0.15, -0.1) is 0 Å². The van der Waals surface area contributed by atoms with Crippen molar-refractivity contribution < 1.29 is 18.7 Å². The number of fused-ring (bicyclic) bond motifs is 1. The van der Waals surface area contributed by atoms with E-state index in [0.717, 1.165) is 25.7 Å². The third-order valence-corrected chi connectivity index (χ3v) is 6.79. The van der Waals surface area contributed by atoms with E-state index in [0.29, 0.717) is 36.6 Å². The molecule has 8 heteroatoms. The first kappa shape index (κ1) is 21.9. The Balaban J connectivity index is 1.45. The van der Waals surface area contributed by atoms with E-state index in [1.165, 1.54) is 17.7 Å². The number of aromatic nitrogens is 2. The third kappa shape index (κ3) is 4.22. The Labute approximate surface area is 181 Å². The number of amides is 1. The Morgan fingerprint density at radius 3 is 2.39 bits per heavy atom. The van der Waals surface area contributed by atoms with Crippen molar-refractivity contribution in [2.75, 3.05) is 20.2 Å². The average Bonchev–Trinajstić information content (AvgIpc) is 2.96. The second-order valence-electron chi connectivity index (χ2n) is 9.15. The van der Waals surface area contributed by atoms with Crippen LogP contribution in [0.25, 0.3) is 11.0 Å². The van der Waals surface area contributed by atoms with Gasteiger partial charge in [-0.05, 0) is 45.4 Å². The molecule has 0 radical (unpaired) electrons. The highest BCUT2D eigenvalue weighted by atomic mass is 19.1. The summed E-state index contributed by atoms with van der Waals surface area (Å²) in [5.74, 6) is 0.254. The van der Waals surface area contributed by atoms with Crippen molar-refractivity contribution in [3.63, 3.8) is 0 Å². The summed E-state index contributed by atoms with van der Waals surface area (Å²) in [6.45, 7) is 5.91. The number of ether oxygens (including phenoxy) is 2. The molecule has 1 aromatic carbocycles. The maximum Gasteiger partial charge on any atom is 0.328 e. The molecule has 2 heterocycles. The predicted molar refractivity (Wildman–Crippen MR) is 116 cm³/mol. The van der Waals surface area contributed by atoms with Gasteiger partial charge in [-0.1, -0.05) is 0 Å². The first-order chi connectivity index (χ1) is 14.8. The lowest BCUT2D eigenvalue weighted by atomic mass is 9.81. The van der Waals surface area contributed by atoms with Crippen LogP contribution in [-0.2, 0) is 23.1 Å². The van der Waals surface area contributed by atoms with Crippen LogP contribution in [0.1, 0.15) is 39.5 Å². The molecule has 2 fully saturated rings. The molecule has 170 valence electrons. The molecule has 1 amide bonds. The fraction of sp³-hybridized carbons (Fsp3) is 0.652. The minimum atomic E-state index is -0.478. The van der Waals surface area contributed by atoms with Crippen molar-refractivity contribution in [2.24, 2.45) is 18.9 Å². The van der Waals surface area contributed by atoms with Gasteiger partial charge >= 0.3 is 5.69 Å². The van der Waals surface area contributed by atoms with Crippen LogP contribution >= 0.6 is 0 Å². The fourth-order valence-corrected chi connectivity index (χ4v) is 5.20. The highest BCUT2D eigenvalue weighted by molar-refractivity contribution is 5.79. The molecule has 1 saturated carbocycles. The number of benzene rings is 1. The van der Waals surface area contributed by atoms with Crippen molar-refractivity contribution in [3.05, 3.63) is 28.4 Å². The van der Waals surface area contributed by atoms with Gasteiger partial charge in [0, 0.05) is 44.7 Å². The number of carbonyl (C=O) groups excluding carboxylic acids is 1. The summed E-state index contributed by atoms with van der Waals surface area (Å²) in [6.07, 6.45) is 3.61. The van der Waals surface area contributed by atoms with Gasteiger partial charge < -0.3 is 14.4 Å². The summed E-state index contributed by atoms with van der Waals surface area (Å²) < 4.78 is 28.2. The van der Waals surface area contributed by atoms with Gasteiger partial charge in [0.2, 0.25) is 5.91 Å². The molecule has 0 unspecified atom stereocenters. The molecular formula is C23H32FN3O4. The van der Waals surface area contributed by atoms with Gasteiger partial charge in [-0.25, -0.2) is 9.18 Å². The highest BCUT2D eigenvalue weighted by Gasteiger charge is 2.33. The first-order valence-electron chi connectivity index (χ1n) is 11.2. The lowest BCUT2D eigenvalue weighted by Gasteiger charge is -2.38. The number of aryl methyl sites for hydroxylation is 1. The molecule has 2 aromatic rings. The Morgan fingerprint density at radius 1 is 1.13 bits per heavy atom. The van der Waals surface area contributed by atoms with Crippen molar-refractivity contribution in [2.45, 2.75) is 58.3 Å². The predicted octanol–water partition coefficient (Wildman–Crippen LogP) is 2.93. The summed E-state index contributed by atoms with van der Waals surface area (Å²) >= 11 is 0. The lowest BCUT2D eigenvalue weighted by Crippen LogP contribution is -2.50. The number of imidazole rings is 1. The summed E-state index contributed by atoms with van der Waals surface area (Å²) in [6, 6.07) is 2.95. The quantitative estimate of drug-likeness (QED) is 0.744. The second kappa shape index (κ2) is 8.65. The minimum Gasteiger partial charge on any atom is -0.494 e. The maximum atomic E-state index is 14.1. The molecule has 4 rings (SSSR count). The molecule has 1 aromatic heterocycles. The summed E-state index contributed by atoms with van der Waals surface area (Å²) in [5.41, 5.74) is 1.08. The number of hydrogen-bond donors (Lipinski definition) is 0. The second-order valence-corrected chi connectivity index (χ2v) is 9.15. The van der Waals surface area contributed by atoms with Crippen LogP contribution in [0, 0.1) is 17.7 Å². The number of morpholine rings is 1. The summed E-state index contributed by atoms with van der Waals surface area (Å²) in [5, 5.41) is 0. The molecule has 2 aliphatic rings. The molecule has 1 saturated heterocycles. The van der Waals surface area contributed by atoms with Gasteiger partial charge in [-0.3, -0.25) is 13.9 Å². The molecule has 31 heavy (non-hydrogen) atoms. The van der Waals surface area contributed by atoms with Crippen molar-refractivity contribution >= 4 is 16.9 Å². The van der Waals surface area contributed by atoms with Crippen LogP contribution in [0.5, 0.6) is 5.75 Å². The Hall–Kier alpha value is -2.35. The van der Waals surface area contributed by atoms with Crippen LogP contribution in [0.3, 0.4) is 0 Å². The van der Waals surface area contributed by atoms with Gasteiger partial charge in [0.15, 0.2) is 11.6 Å². The van der Waals surface area contributed by atoms with E-state index in [4.69, 9.17) is 9.47 Å². The zero-order chi connectivity index (χ0) is 22.3. The van der Waals surface area contributed by atoms with E-state index in [-0.39, 0.29) is 35.5 Å². The SMILES string of the molecule is COc1cc2c(cc1F)n(C)c(=O)n2CC1CCC(C(=O)N2C[C@@H](C)O[C@@H](C)C2)CC1. The number of nitrogens with zero attached hydrogens (tertiary/aromatic N) is 3. The van der Waals surface area contributed by atoms with Crippen LogP contribution in [-0.4, -0.2) is 52.3 Å². The number of rotatable bonds is 4. The molecule has 0 spiro atoms. The topological polar surface area (TPSA) is 65.7 Å². The van der Waals surface area contributed by atoms with E-state index < -0.39 is 5.82 Å². The standard InChI is InChI=1S/C23H32FN3O4/c1-14-11-26(12-15(2)31-14)22(28)17-7-5-16(6-8-17)13-27-20-10-21(30-4)18(24)9-19(20)25(3)23(27)29/h9-10,14-17H,5-8,11-13H2,1-4H3/t14-,15+,16?,17?. The maximum absolute atomic E-state index is 14.1. The smallest absolute Gasteiger partial charge is 0.328 e. The third-order valence-electron chi connectivity index (χ3n) is 6.79.